The van der Waals surface area contributed by atoms with Crippen molar-refractivity contribution in [3.63, 3.8) is 0 Å². The first kappa shape index (κ1) is 15.7. The molecule has 1 aromatic rings. The van der Waals surface area contributed by atoms with Gasteiger partial charge >= 0.3 is 0 Å². The zero-order valence-corrected chi connectivity index (χ0v) is 12.1. The Bertz CT molecular complexity index is 391. The van der Waals surface area contributed by atoms with Gasteiger partial charge in [0.05, 0.1) is 12.2 Å². The zero-order chi connectivity index (χ0) is 14.3. The maximum Gasteiger partial charge on any atom is 0.218 e. The van der Waals surface area contributed by atoms with E-state index in [0.29, 0.717) is 43.9 Å². The van der Waals surface area contributed by atoms with Crippen LogP contribution in [-0.2, 0) is 16.1 Å². The lowest BCUT2D eigenvalue weighted by Crippen LogP contribution is -2.22. The molecule has 0 spiro atoms. The molecule has 0 fully saturated rings. The van der Waals surface area contributed by atoms with Crippen LogP contribution in [0.25, 0.3) is 0 Å². The van der Waals surface area contributed by atoms with Crippen LogP contribution in [0.1, 0.15) is 33.5 Å². The molecule has 0 amide bonds. The molecule has 0 saturated carbocycles. The lowest BCUT2D eigenvalue weighted by molar-refractivity contribution is -0.0168. The molecule has 0 radical (unpaired) electrons. The summed E-state index contributed by atoms with van der Waals surface area (Å²) in [5.74, 6) is 1.34. The van der Waals surface area contributed by atoms with Crippen LogP contribution in [0.4, 0.5) is 5.82 Å². The first-order valence-corrected chi connectivity index (χ1v) is 6.38. The molecule has 1 heterocycles. The van der Waals surface area contributed by atoms with Crippen molar-refractivity contribution < 1.29 is 14.2 Å². The first-order chi connectivity index (χ1) is 8.90. The maximum absolute atomic E-state index is 5.69. The standard InChI is InChI=1S/C13H23N3O3/c1-5-17-9-11-15-10(14)8-12(16-11)18-6-7-19-13(2,3)4/h8H,5-7,9H2,1-4H3,(H2,14,15,16). The van der Waals surface area contributed by atoms with Crippen LogP contribution >= 0.6 is 0 Å². The molecule has 0 aliphatic heterocycles. The van der Waals surface area contributed by atoms with E-state index >= 15 is 0 Å². The number of nitrogens with zero attached hydrogens (tertiary/aromatic N) is 2. The van der Waals surface area contributed by atoms with E-state index in [2.05, 4.69) is 9.97 Å². The lowest BCUT2D eigenvalue weighted by atomic mass is 10.2. The summed E-state index contributed by atoms with van der Waals surface area (Å²) in [6.45, 7) is 9.75. The van der Waals surface area contributed by atoms with Gasteiger partial charge in [0.2, 0.25) is 5.88 Å². The minimum absolute atomic E-state index is 0.172. The Hall–Kier alpha value is -1.40. The smallest absolute Gasteiger partial charge is 0.218 e. The van der Waals surface area contributed by atoms with Crippen LogP contribution in [0.5, 0.6) is 5.88 Å². The second kappa shape index (κ2) is 7.25. The molecule has 0 unspecified atom stereocenters. The summed E-state index contributed by atoms with van der Waals surface area (Å²) >= 11 is 0. The fourth-order valence-corrected chi connectivity index (χ4v) is 1.32. The number of anilines is 1. The highest BCUT2D eigenvalue weighted by Gasteiger charge is 2.10. The molecule has 1 aromatic heterocycles. The van der Waals surface area contributed by atoms with Crippen molar-refractivity contribution in [2.24, 2.45) is 0 Å². The van der Waals surface area contributed by atoms with Crippen LogP contribution in [0.15, 0.2) is 6.07 Å². The summed E-state index contributed by atoms with van der Waals surface area (Å²) in [5.41, 5.74) is 5.51. The summed E-state index contributed by atoms with van der Waals surface area (Å²) < 4.78 is 16.3. The Kier molecular flexibility index (Phi) is 5.98. The van der Waals surface area contributed by atoms with Crippen LogP contribution in [-0.4, -0.2) is 35.4 Å². The highest BCUT2D eigenvalue weighted by Crippen LogP contribution is 2.12. The number of ether oxygens (including phenoxy) is 3. The molecule has 0 atom stereocenters. The van der Waals surface area contributed by atoms with Gasteiger partial charge in [-0.2, -0.15) is 4.98 Å². The van der Waals surface area contributed by atoms with Crippen molar-refractivity contribution in [1.82, 2.24) is 9.97 Å². The molecular formula is C13H23N3O3. The van der Waals surface area contributed by atoms with Gasteiger partial charge in [0.15, 0.2) is 5.82 Å². The molecule has 1 rings (SSSR count). The summed E-state index contributed by atoms with van der Waals surface area (Å²) in [4.78, 5) is 8.28. The van der Waals surface area contributed by atoms with E-state index in [1.54, 1.807) is 6.07 Å². The van der Waals surface area contributed by atoms with Crippen LogP contribution in [0.3, 0.4) is 0 Å². The average molecular weight is 269 g/mol. The summed E-state index contributed by atoms with van der Waals surface area (Å²) in [5, 5.41) is 0. The Morgan fingerprint density at radius 2 is 1.95 bits per heavy atom. The van der Waals surface area contributed by atoms with Gasteiger partial charge in [-0.3, -0.25) is 0 Å². The van der Waals surface area contributed by atoms with E-state index in [1.165, 1.54) is 0 Å². The number of nitrogen functional groups attached to an aromatic ring is 1. The quantitative estimate of drug-likeness (QED) is 0.760. The Morgan fingerprint density at radius 1 is 1.21 bits per heavy atom. The minimum atomic E-state index is -0.172. The molecule has 0 aliphatic carbocycles. The van der Waals surface area contributed by atoms with Gasteiger partial charge in [-0.15, -0.1) is 0 Å². The largest absolute Gasteiger partial charge is 0.475 e. The van der Waals surface area contributed by atoms with Gasteiger partial charge in [-0.1, -0.05) is 0 Å². The topological polar surface area (TPSA) is 79.5 Å². The molecule has 6 nitrogen and oxygen atoms in total. The van der Waals surface area contributed by atoms with Crippen molar-refractivity contribution in [3.05, 3.63) is 11.9 Å². The van der Waals surface area contributed by atoms with Crippen molar-refractivity contribution >= 4 is 5.82 Å². The summed E-state index contributed by atoms with van der Waals surface area (Å²) in [6, 6.07) is 1.59. The van der Waals surface area contributed by atoms with Crippen molar-refractivity contribution in [2.45, 2.75) is 39.9 Å². The van der Waals surface area contributed by atoms with E-state index < -0.39 is 0 Å². The van der Waals surface area contributed by atoms with Gasteiger partial charge in [0, 0.05) is 12.7 Å². The molecule has 0 aliphatic rings. The van der Waals surface area contributed by atoms with Gasteiger partial charge in [-0.05, 0) is 27.7 Å². The Labute approximate surface area is 114 Å². The third kappa shape index (κ3) is 6.93. The molecule has 0 bridgehead atoms. The molecule has 19 heavy (non-hydrogen) atoms. The highest BCUT2D eigenvalue weighted by atomic mass is 16.5. The lowest BCUT2D eigenvalue weighted by Gasteiger charge is -2.19. The third-order valence-electron chi connectivity index (χ3n) is 2.07. The number of hydrogen-bond acceptors (Lipinski definition) is 6. The third-order valence-corrected chi connectivity index (χ3v) is 2.07. The monoisotopic (exact) mass is 269 g/mol. The molecule has 0 saturated heterocycles. The molecule has 6 heteroatoms. The van der Waals surface area contributed by atoms with Crippen LogP contribution in [0.2, 0.25) is 0 Å². The molecular weight excluding hydrogens is 246 g/mol. The van der Waals surface area contributed by atoms with Gasteiger partial charge < -0.3 is 19.9 Å². The van der Waals surface area contributed by atoms with Crippen LogP contribution < -0.4 is 10.5 Å². The predicted octanol–water partition coefficient (Wildman–Crippen LogP) is 1.79. The Balaban J connectivity index is 2.46. The fourth-order valence-electron chi connectivity index (χ4n) is 1.32. The zero-order valence-electron chi connectivity index (χ0n) is 12.1. The number of aromatic nitrogens is 2. The highest BCUT2D eigenvalue weighted by molar-refractivity contribution is 5.32. The van der Waals surface area contributed by atoms with E-state index in [-0.39, 0.29) is 5.60 Å². The number of hydrogen-bond donors (Lipinski definition) is 1. The number of rotatable bonds is 7. The van der Waals surface area contributed by atoms with Crippen molar-refractivity contribution in [2.75, 3.05) is 25.6 Å². The maximum atomic E-state index is 5.69. The summed E-state index contributed by atoms with van der Waals surface area (Å²) in [7, 11) is 0. The fraction of sp³-hybridized carbons (Fsp3) is 0.692. The second-order valence-corrected chi connectivity index (χ2v) is 4.99. The van der Waals surface area contributed by atoms with Gasteiger partial charge in [0.25, 0.3) is 0 Å². The SMILES string of the molecule is CCOCc1nc(N)cc(OCCOC(C)(C)C)n1. The van der Waals surface area contributed by atoms with E-state index in [0.717, 1.165) is 0 Å². The van der Waals surface area contributed by atoms with Crippen molar-refractivity contribution in [1.29, 1.82) is 0 Å². The van der Waals surface area contributed by atoms with Gasteiger partial charge in [-0.25, -0.2) is 4.98 Å². The van der Waals surface area contributed by atoms with E-state index in [9.17, 15) is 0 Å². The van der Waals surface area contributed by atoms with E-state index in [4.69, 9.17) is 19.9 Å². The van der Waals surface area contributed by atoms with Crippen LogP contribution in [0, 0.1) is 0 Å². The minimum Gasteiger partial charge on any atom is -0.475 e. The van der Waals surface area contributed by atoms with Crippen molar-refractivity contribution in [3.8, 4) is 5.88 Å². The van der Waals surface area contributed by atoms with Gasteiger partial charge in [0.1, 0.15) is 19.0 Å². The Morgan fingerprint density at radius 3 is 2.58 bits per heavy atom. The summed E-state index contributed by atoms with van der Waals surface area (Å²) in [6.07, 6.45) is 0. The molecule has 0 aromatic carbocycles. The van der Waals surface area contributed by atoms with E-state index in [1.807, 2.05) is 27.7 Å². The average Bonchev–Trinajstić information content (AvgIpc) is 2.30. The molecule has 108 valence electrons. The normalized spacial score (nSPS) is 11.6. The number of nitrogens with two attached hydrogens (primary N) is 1. The second-order valence-electron chi connectivity index (χ2n) is 4.99. The predicted molar refractivity (Wildman–Crippen MR) is 73.0 cm³/mol. The molecule has 2 N–H and O–H groups in total. The first-order valence-electron chi connectivity index (χ1n) is 6.38.